The van der Waals surface area contributed by atoms with Crippen molar-refractivity contribution in [1.82, 2.24) is 25.1 Å². The summed E-state index contributed by atoms with van der Waals surface area (Å²) >= 11 is 0. The second-order valence-corrected chi connectivity index (χ2v) is 5.23. The van der Waals surface area contributed by atoms with Crippen LogP contribution in [-0.4, -0.2) is 38.1 Å². The van der Waals surface area contributed by atoms with Crippen LogP contribution in [0, 0.1) is 0 Å². The third-order valence-electron chi connectivity index (χ3n) is 3.70. The van der Waals surface area contributed by atoms with E-state index in [0.29, 0.717) is 16.6 Å². The number of aromatic amines is 1. The Kier molecular flexibility index (Phi) is 4.11. The number of rotatable bonds is 5. The van der Waals surface area contributed by atoms with Gasteiger partial charge in [0.25, 0.3) is 6.43 Å². The highest BCUT2D eigenvalue weighted by Gasteiger charge is 2.26. The van der Waals surface area contributed by atoms with Gasteiger partial charge in [-0.05, 0) is 13.0 Å². The molecule has 0 saturated carbocycles. The highest BCUT2D eigenvalue weighted by molar-refractivity contribution is 5.87. The molecule has 0 unspecified atom stereocenters. The highest BCUT2D eigenvalue weighted by Crippen LogP contribution is 2.32. The third kappa shape index (κ3) is 2.90. The molecule has 126 valence electrons. The first-order chi connectivity index (χ1) is 11.5. The molecule has 3 rings (SSSR count). The maximum absolute atomic E-state index is 13.2. The maximum atomic E-state index is 13.2. The minimum Gasteiger partial charge on any atom is -0.383 e. The van der Waals surface area contributed by atoms with Crippen molar-refractivity contribution in [2.45, 2.75) is 19.4 Å². The van der Waals surface area contributed by atoms with Crippen LogP contribution >= 0.6 is 0 Å². The Morgan fingerprint density at radius 3 is 2.79 bits per heavy atom. The molecule has 0 spiro atoms. The summed E-state index contributed by atoms with van der Waals surface area (Å²) in [7, 11) is 0. The Morgan fingerprint density at radius 1 is 1.29 bits per heavy atom. The quantitative estimate of drug-likeness (QED) is 0.649. The molecule has 0 bridgehead atoms. The first-order valence-corrected chi connectivity index (χ1v) is 7.19. The number of fused-ring (bicyclic) bond motifs is 1. The van der Waals surface area contributed by atoms with E-state index in [2.05, 4.69) is 25.1 Å². The molecule has 0 aliphatic heterocycles. The van der Waals surface area contributed by atoms with Gasteiger partial charge in [0, 0.05) is 11.8 Å². The normalized spacial score (nSPS) is 12.7. The van der Waals surface area contributed by atoms with E-state index in [9.17, 15) is 8.78 Å². The van der Waals surface area contributed by atoms with Crippen molar-refractivity contribution < 1.29 is 8.78 Å². The molecule has 0 aliphatic rings. The Hall–Kier alpha value is -3.04. The summed E-state index contributed by atoms with van der Waals surface area (Å²) in [6.45, 7) is 1.20. The Bertz CT molecular complexity index is 850. The van der Waals surface area contributed by atoms with Crippen molar-refractivity contribution in [2.75, 3.05) is 22.9 Å². The first kappa shape index (κ1) is 15.8. The molecule has 24 heavy (non-hydrogen) atoms. The van der Waals surface area contributed by atoms with E-state index in [0.717, 1.165) is 0 Å². The molecule has 3 heterocycles. The van der Waals surface area contributed by atoms with Gasteiger partial charge >= 0.3 is 0 Å². The second-order valence-electron chi connectivity index (χ2n) is 5.23. The van der Waals surface area contributed by atoms with Gasteiger partial charge in [-0.25, -0.2) is 13.8 Å². The zero-order valence-electron chi connectivity index (χ0n) is 12.8. The van der Waals surface area contributed by atoms with E-state index in [1.807, 2.05) is 0 Å². The minimum absolute atomic E-state index is 0.0348. The lowest BCUT2D eigenvalue weighted by atomic mass is 10.1. The number of nitrogens with one attached hydrogen (secondary N) is 1. The van der Waals surface area contributed by atoms with Gasteiger partial charge in [-0.15, -0.1) is 0 Å². The zero-order chi connectivity index (χ0) is 17.3. The van der Waals surface area contributed by atoms with Gasteiger partial charge in [-0.2, -0.15) is 15.1 Å². The Balaban J connectivity index is 2.12. The van der Waals surface area contributed by atoms with E-state index in [4.69, 9.17) is 11.5 Å². The largest absolute Gasteiger partial charge is 0.383 e. The van der Waals surface area contributed by atoms with Gasteiger partial charge in [-0.1, -0.05) is 6.07 Å². The molecule has 5 N–H and O–H groups in total. The molecule has 0 fully saturated rings. The lowest BCUT2D eigenvalue weighted by molar-refractivity contribution is 0.152. The average Bonchev–Trinajstić information content (AvgIpc) is 2.99. The van der Waals surface area contributed by atoms with E-state index >= 15 is 0 Å². The molecular weight excluding hydrogens is 318 g/mol. The predicted molar refractivity (Wildman–Crippen MR) is 86.5 cm³/mol. The van der Waals surface area contributed by atoms with Crippen molar-refractivity contribution >= 4 is 28.6 Å². The fourth-order valence-corrected chi connectivity index (χ4v) is 2.58. The van der Waals surface area contributed by atoms with Crippen molar-refractivity contribution in [1.29, 1.82) is 0 Å². The number of hydrogen-bond acceptors (Lipinski definition) is 7. The van der Waals surface area contributed by atoms with Crippen LogP contribution in [0.3, 0.4) is 0 Å². The van der Waals surface area contributed by atoms with Crippen LogP contribution in [0.5, 0.6) is 0 Å². The molecule has 0 aliphatic carbocycles. The van der Waals surface area contributed by atoms with E-state index < -0.39 is 19.0 Å². The van der Waals surface area contributed by atoms with Gasteiger partial charge in [0.2, 0.25) is 5.95 Å². The summed E-state index contributed by atoms with van der Waals surface area (Å²) in [5, 5.41) is 7.05. The van der Waals surface area contributed by atoms with E-state index in [1.54, 1.807) is 25.3 Å². The molecule has 3 aromatic rings. The Morgan fingerprint density at radius 2 is 2.08 bits per heavy atom. The predicted octanol–water partition coefficient (Wildman–Crippen LogP) is 1.74. The van der Waals surface area contributed by atoms with Crippen LogP contribution in [0.2, 0.25) is 0 Å². The lowest BCUT2D eigenvalue weighted by Gasteiger charge is -2.31. The van der Waals surface area contributed by atoms with Crippen LogP contribution in [0.1, 0.15) is 18.5 Å². The molecule has 0 saturated heterocycles. The summed E-state index contributed by atoms with van der Waals surface area (Å²) < 4.78 is 26.4. The smallest absolute Gasteiger partial charge is 0.255 e. The molecule has 0 radical (unpaired) electrons. The van der Waals surface area contributed by atoms with Gasteiger partial charge < -0.3 is 16.4 Å². The molecule has 0 aromatic carbocycles. The van der Waals surface area contributed by atoms with Gasteiger partial charge in [0.1, 0.15) is 11.6 Å². The van der Waals surface area contributed by atoms with Crippen LogP contribution in [0.4, 0.5) is 26.4 Å². The van der Waals surface area contributed by atoms with E-state index in [1.165, 1.54) is 11.1 Å². The van der Waals surface area contributed by atoms with Gasteiger partial charge in [-0.3, -0.25) is 5.10 Å². The fourth-order valence-electron chi connectivity index (χ4n) is 2.58. The van der Waals surface area contributed by atoms with Gasteiger partial charge in [0.05, 0.1) is 24.2 Å². The number of alkyl halides is 2. The number of nitrogens with two attached hydrogens (primary N) is 2. The number of nitrogens with zero attached hydrogens (tertiary/aromatic N) is 5. The standard InChI is InChI=1S/C14H16F2N8/c1-7(8-3-2-4-19-11(8)17)24(6-10(15)16)13-9-5-20-23-12(9)21-14(18)22-13/h2-5,7,10H,6H2,1H3,(H2,17,19)(H3,18,20,21,22,23)/t7-/m0/s1. The number of H-pyrrole nitrogens is 1. The third-order valence-corrected chi connectivity index (χ3v) is 3.70. The summed E-state index contributed by atoms with van der Waals surface area (Å²) in [4.78, 5) is 13.6. The van der Waals surface area contributed by atoms with Gasteiger partial charge in [0.15, 0.2) is 5.65 Å². The summed E-state index contributed by atoms with van der Waals surface area (Å²) in [5.41, 5.74) is 12.6. The van der Waals surface area contributed by atoms with Crippen molar-refractivity contribution in [2.24, 2.45) is 0 Å². The molecular formula is C14H16F2N8. The SMILES string of the molecule is C[C@@H](c1cccnc1N)N(CC(F)F)c1nc(N)nc2[nH]ncc12. The van der Waals surface area contributed by atoms with Crippen molar-refractivity contribution in [3.63, 3.8) is 0 Å². The summed E-state index contributed by atoms with van der Waals surface area (Å²) in [6, 6.07) is 2.94. The molecule has 3 aromatic heterocycles. The second kappa shape index (κ2) is 6.22. The van der Waals surface area contributed by atoms with Crippen LogP contribution in [-0.2, 0) is 0 Å². The first-order valence-electron chi connectivity index (χ1n) is 7.19. The number of hydrogen-bond donors (Lipinski definition) is 3. The number of halogens is 2. The molecule has 1 atom stereocenters. The molecule has 0 amide bonds. The lowest BCUT2D eigenvalue weighted by Crippen LogP contribution is -2.33. The number of aromatic nitrogens is 5. The van der Waals surface area contributed by atoms with Crippen molar-refractivity contribution in [3.05, 3.63) is 30.1 Å². The van der Waals surface area contributed by atoms with E-state index in [-0.39, 0.29) is 17.6 Å². The topological polar surface area (TPSA) is 123 Å². The highest BCUT2D eigenvalue weighted by atomic mass is 19.3. The summed E-state index contributed by atoms with van der Waals surface area (Å²) in [6.07, 6.45) is 0.436. The molecule has 8 nitrogen and oxygen atoms in total. The number of anilines is 3. The maximum Gasteiger partial charge on any atom is 0.255 e. The monoisotopic (exact) mass is 334 g/mol. The minimum atomic E-state index is -2.58. The average molecular weight is 334 g/mol. The number of nitrogen functional groups attached to an aromatic ring is 2. The fraction of sp³-hybridized carbons (Fsp3) is 0.286. The van der Waals surface area contributed by atoms with Crippen molar-refractivity contribution in [3.8, 4) is 0 Å². The number of pyridine rings is 1. The summed E-state index contributed by atoms with van der Waals surface area (Å²) in [5.74, 6) is 0.504. The van der Waals surface area contributed by atoms with Crippen LogP contribution in [0.15, 0.2) is 24.5 Å². The zero-order valence-corrected chi connectivity index (χ0v) is 12.8. The van der Waals surface area contributed by atoms with Crippen LogP contribution < -0.4 is 16.4 Å². The molecule has 10 heteroatoms. The Labute approximate surface area is 135 Å². The van der Waals surface area contributed by atoms with Crippen LogP contribution in [0.25, 0.3) is 11.0 Å².